The Morgan fingerprint density at radius 3 is 2.06 bits per heavy atom. The molecule has 1 heterocycles. The molecule has 2 N–H and O–H groups in total. The lowest BCUT2D eigenvalue weighted by atomic mass is 9.84. The summed E-state index contributed by atoms with van der Waals surface area (Å²) < 4.78 is 40.6. The van der Waals surface area contributed by atoms with Crippen molar-refractivity contribution in [3.05, 3.63) is 154 Å². The normalized spacial score (nSPS) is 18.1. The molecule has 1 aliphatic carbocycles. The van der Waals surface area contributed by atoms with Crippen LogP contribution in [0.4, 0.5) is 0 Å². The summed E-state index contributed by atoms with van der Waals surface area (Å²) in [6, 6.07) is 38.3. The van der Waals surface area contributed by atoms with Gasteiger partial charge >= 0.3 is 0 Å². The van der Waals surface area contributed by atoms with Gasteiger partial charge in [0.1, 0.15) is 5.75 Å². The van der Waals surface area contributed by atoms with E-state index >= 15 is 4.79 Å². The van der Waals surface area contributed by atoms with Crippen molar-refractivity contribution in [1.82, 2.24) is 5.32 Å². The number of carbonyl (C=O) groups excluding carboxylic acids is 1. The van der Waals surface area contributed by atoms with Gasteiger partial charge in [-0.1, -0.05) is 101 Å². The predicted molar refractivity (Wildman–Crippen MR) is 196 cm³/mol. The molecular formula is C40H35BrN2O6S. The van der Waals surface area contributed by atoms with Crippen molar-refractivity contribution < 1.29 is 27.8 Å². The SMILES string of the molecule is O=C(NC1c2ccccc2-c2ccccc21)[C@]1(CCS(=O)(=O)c2ccccc2)N=C(c2ccc(OCCCO)cc2)O[C@@H]1c1ccccc1Br. The highest BCUT2D eigenvalue weighted by Gasteiger charge is 2.55. The second-order valence-corrected chi connectivity index (χ2v) is 15.2. The highest BCUT2D eigenvalue weighted by molar-refractivity contribution is 9.10. The van der Waals surface area contributed by atoms with Crippen LogP contribution in [0.1, 0.15) is 47.2 Å². The van der Waals surface area contributed by atoms with Crippen LogP contribution in [0.5, 0.6) is 5.75 Å². The average molecular weight is 752 g/mol. The maximum absolute atomic E-state index is 15.1. The van der Waals surface area contributed by atoms with E-state index < -0.39 is 33.4 Å². The number of halogens is 1. The van der Waals surface area contributed by atoms with E-state index in [2.05, 4.69) is 21.2 Å². The molecule has 10 heteroatoms. The van der Waals surface area contributed by atoms with Gasteiger partial charge in [0, 0.05) is 35.0 Å². The second-order valence-electron chi connectivity index (χ2n) is 12.3. The van der Waals surface area contributed by atoms with E-state index in [4.69, 9.17) is 19.6 Å². The van der Waals surface area contributed by atoms with Crippen LogP contribution in [-0.4, -0.2) is 49.8 Å². The van der Waals surface area contributed by atoms with Gasteiger partial charge in [-0.15, -0.1) is 0 Å². The minimum absolute atomic E-state index is 0.0291. The van der Waals surface area contributed by atoms with Crippen LogP contribution in [0.25, 0.3) is 11.1 Å². The van der Waals surface area contributed by atoms with Crippen molar-refractivity contribution in [2.24, 2.45) is 4.99 Å². The largest absolute Gasteiger partial charge is 0.494 e. The van der Waals surface area contributed by atoms with Gasteiger partial charge in [-0.05, 0) is 64.7 Å². The van der Waals surface area contributed by atoms with Gasteiger partial charge in [-0.2, -0.15) is 0 Å². The van der Waals surface area contributed by atoms with Crippen LogP contribution in [0.2, 0.25) is 0 Å². The number of aliphatic imine (C=N–C) groups is 1. The molecule has 0 saturated heterocycles. The van der Waals surface area contributed by atoms with Crippen molar-refractivity contribution in [2.45, 2.75) is 35.4 Å². The molecule has 0 bridgehead atoms. The van der Waals surface area contributed by atoms with Crippen molar-refractivity contribution >= 4 is 37.6 Å². The number of sulfone groups is 1. The number of amides is 1. The molecule has 1 amide bonds. The van der Waals surface area contributed by atoms with E-state index in [1.807, 2.05) is 72.8 Å². The Balaban J connectivity index is 1.33. The van der Waals surface area contributed by atoms with E-state index in [1.54, 1.807) is 54.6 Å². The number of carbonyl (C=O) groups is 1. The first-order valence-electron chi connectivity index (χ1n) is 16.4. The van der Waals surface area contributed by atoms with Crippen LogP contribution in [0.3, 0.4) is 0 Å². The molecule has 5 aromatic rings. The summed E-state index contributed by atoms with van der Waals surface area (Å²) in [6.07, 6.45) is -0.611. The van der Waals surface area contributed by atoms with E-state index in [0.29, 0.717) is 34.4 Å². The monoisotopic (exact) mass is 750 g/mol. The Hall–Kier alpha value is -4.77. The lowest BCUT2D eigenvalue weighted by molar-refractivity contribution is -0.129. The molecule has 0 unspecified atom stereocenters. The summed E-state index contributed by atoms with van der Waals surface area (Å²) in [7, 11) is -3.81. The first-order chi connectivity index (χ1) is 24.3. The molecule has 0 spiro atoms. The van der Waals surface area contributed by atoms with E-state index in [1.165, 1.54) is 0 Å². The maximum Gasteiger partial charge on any atom is 0.253 e. The number of nitrogens with one attached hydrogen (secondary N) is 1. The molecule has 0 radical (unpaired) electrons. The number of ether oxygens (including phenoxy) is 2. The number of hydrogen-bond donors (Lipinski definition) is 2. The van der Waals surface area contributed by atoms with Gasteiger partial charge in [-0.25, -0.2) is 13.4 Å². The van der Waals surface area contributed by atoms with E-state index in [-0.39, 0.29) is 29.6 Å². The van der Waals surface area contributed by atoms with E-state index in [9.17, 15) is 8.42 Å². The number of rotatable bonds is 12. The van der Waals surface area contributed by atoms with Gasteiger partial charge in [0.2, 0.25) is 5.90 Å². The standard InChI is InChI=1S/C40H35BrN2O6S/c41-35-18-9-8-17-34(35)37-40(23-26-50(46,47)29-11-2-1-3-12-29,43-38(49-37)27-19-21-28(22-20-27)48-25-10-24-44)39(45)42-36-32-15-6-4-13-30(32)31-14-5-7-16-33(31)36/h1-9,11-22,36-37,44H,10,23-26H2,(H,42,45)/t37-,40-/m1/s1. The van der Waals surface area contributed by atoms with Crippen LogP contribution >= 0.6 is 15.9 Å². The summed E-state index contributed by atoms with van der Waals surface area (Å²) in [5.74, 6) is 0.0323. The van der Waals surface area contributed by atoms with Crippen molar-refractivity contribution in [1.29, 1.82) is 0 Å². The third kappa shape index (κ3) is 6.46. The molecule has 50 heavy (non-hydrogen) atoms. The Labute approximate surface area is 299 Å². The fourth-order valence-electron chi connectivity index (χ4n) is 6.64. The number of nitrogens with zero attached hydrogens (tertiary/aromatic N) is 1. The summed E-state index contributed by atoms with van der Waals surface area (Å²) >= 11 is 3.67. The number of aliphatic hydroxyl groups excluding tert-OH is 1. The highest BCUT2D eigenvalue weighted by Crippen LogP contribution is 2.47. The minimum atomic E-state index is -3.81. The fraction of sp³-hybridized carbons (Fsp3) is 0.200. The summed E-state index contributed by atoms with van der Waals surface area (Å²) in [5.41, 5.74) is 3.56. The third-order valence-corrected chi connectivity index (χ3v) is 11.6. The van der Waals surface area contributed by atoms with Gasteiger partial charge in [-0.3, -0.25) is 4.79 Å². The van der Waals surface area contributed by atoms with Gasteiger partial charge < -0.3 is 19.9 Å². The lowest BCUT2D eigenvalue weighted by Crippen LogP contribution is -2.50. The summed E-state index contributed by atoms with van der Waals surface area (Å²) in [6.45, 7) is 0.394. The molecule has 5 aromatic carbocycles. The fourth-order valence-corrected chi connectivity index (χ4v) is 8.52. The topological polar surface area (TPSA) is 114 Å². The Morgan fingerprint density at radius 1 is 0.820 bits per heavy atom. The minimum Gasteiger partial charge on any atom is -0.494 e. The molecule has 2 aliphatic rings. The molecule has 254 valence electrons. The highest BCUT2D eigenvalue weighted by atomic mass is 79.9. The van der Waals surface area contributed by atoms with Crippen molar-refractivity contribution in [3.8, 4) is 16.9 Å². The molecule has 0 aromatic heterocycles. The van der Waals surface area contributed by atoms with Crippen molar-refractivity contribution in [2.75, 3.05) is 19.0 Å². The number of fused-ring (bicyclic) bond motifs is 3. The van der Waals surface area contributed by atoms with Crippen LogP contribution < -0.4 is 10.1 Å². The first-order valence-corrected chi connectivity index (χ1v) is 18.9. The zero-order valence-corrected chi connectivity index (χ0v) is 29.4. The second kappa shape index (κ2) is 14.2. The third-order valence-electron chi connectivity index (χ3n) is 9.18. The summed E-state index contributed by atoms with van der Waals surface area (Å²) in [5, 5.41) is 12.4. The molecular weight excluding hydrogens is 716 g/mol. The number of hydrogen-bond acceptors (Lipinski definition) is 7. The number of benzene rings is 5. The van der Waals surface area contributed by atoms with Crippen LogP contribution in [-0.2, 0) is 19.4 Å². The first kappa shape index (κ1) is 33.7. The molecule has 0 saturated carbocycles. The quantitative estimate of drug-likeness (QED) is 0.130. The lowest BCUT2D eigenvalue weighted by Gasteiger charge is -2.32. The predicted octanol–water partition coefficient (Wildman–Crippen LogP) is 7.22. The number of aliphatic hydroxyl groups is 1. The Bertz CT molecular complexity index is 2110. The van der Waals surface area contributed by atoms with Crippen molar-refractivity contribution in [3.63, 3.8) is 0 Å². The molecule has 2 atom stereocenters. The van der Waals surface area contributed by atoms with E-state index in [0.717, 1.165) is 22.3 Å². The molecule has 1 aliphatic heterocycles. The maximum atomic E-state index is 15.1. The average Bonchev–Trinajstić information content (AvgIpc) is 3.69. The Kier molecular flexibility index (Phi) is 9.59. The van der Waals surface area contributed by atoms with Crippen LogP contribution in [0.15, 0.2) is 142 Å². The van der Waals surface area contributed by atoms with Gasteiger partial charge in [0.15, 0.2) is 21.5 Å². The molecule has 0 fully saturated rings. The molecule has 7 rings (SSSR count). The zero-order valence-electron chi connectivity index (χ0n) is 27.0. The Morgan fingerprint density at radius 2 is 1.42 bits per heavy atom. The van der Waals surface area contributed by atoms with Gasteiger partial charge in [0.25, 0.3) is 5.91 Å². The smallest absolute Gasteiger partial charge is 0.253 e. The summed E-state index contributed by atoms with van der Waals surface area (Å²) in [4.78, 5) is 20.4. The van der Waals surface area contributed by atoms with Gasteiger partial charge in [0.05, 0.1) is 23.3 Å². The van der Waals surface area contributed by atoms with Crippen LogP contribution in [0, 0.1) is 0 Å². The zero-order chi connectivity index (χ0) is 34.7. The molecule has 8 nitrogen and oxygen atoms in total.